The Bertz CT molecular complexity index is 753. The number of benzene rings is 1. The summed E-state index contributed by atoms with van der Waals surface area (Å²) in [6.45, 7) is 6.12. The van der Waals surface area contributed by atoms with Gasteiger partial charge in [0.2, 0.25) is 6.04 Å². The van der Waals surface area contributed by atoms with Gasteiger partial charge in [0.25, 0.3) is 5.78 Å². The number of rotatable bonds is 6. The zero-order chi connectivity index (χ0) is 19.3. The molecule has 0 aliphatic carbocycles. The minimum absolute atomic E-state index is 0.00636. The van der Waals surface area contributed by atoms with E-state index < -0.39 is 0 Å². The average molecular weight is 407 g/mol. The highest BCUT2D eigenvalue weighted by Gasteiger charge is 2.46. The van der Waals surface area contributed by atoms with Gasteiger partial charge >= 0.3 is 0 Å². The molecule has 0 bridgehead atoms. The van der Waals surface area contributed by atoms with E-state index in [1.807, 2.05) is 12.1 Å². The second-order valence-corrected chi connectivity index (χ2v) is 7.83. The first-order valence-corrected chi connectivity index (χ1v) is 10.3. The van der Waals surface area contributed by atoms with Crippen molar-refractivity contribution in [3.8, 4) is 0 Å². The van der Waals surface area contributed by atoms with Crippen LogP contribution in [-0.4, -0.2) is 64.4 Å². The summed E-state index contributed by atoms with van der Waals surface area (Å²) in [5, 5.41) is 0.701. The number of ketones is 1. The molecule has 2 aliphatic rings. The Hall–Kier alpha value is -1.70. The molecule has 2 fully saturated rings. The van der Waals surface area contributed by atoms with Crippen LogP contribution in [0.15, 0.2) is 47.1 Å². The van der Waals surface area contributed by atoms with Gasteiger partial charge < -0.3 is 23.7 Å². The summed E-state index contributed by atoms with van der Waals surface area (Å²) in [6.07, 6.45) is 1.57. The first-order chi connectivity index (χ1) is 13.7. The SMILES string of the molecule is O=C(c1ccco1)[C@@H]([C@H](c1ccc(Cl)cc1)[NH+]1CCOCC1)[NH+]1CCOCC1. The molecule has 6 nitrogen and oxygen atoms in total. The molecule has 0 amide bonds. The topological polar surface area (TPSA) is 57.5 Å². The molecule has 0 saturated carbocycles. The van der Waals surface area contributed by atoms with Gasteiger partial charge in [-0.1, -0.05) is 23.7 Å². The molecule has 4 rings (SSSR count). The molecular formula is C21H27ClN2O4+2. The van der Waals surface area contributed by atoms with E-state index in [-0.39, 0.29) is 17.9 Å². The van der Waals surface area contributed by atoms with Crippen LogP contribution in [0.3, 0.4) is 0 Å². The number of carbonyl (C=O) groups is 1. The predicted molar refractivity (Wildman–Crippen MR) is 104 cm³/mol. The molecule has 150 valence electrons. The minimum atomic E-state index is -0.246. The number of Topliss-reactive ketones (excluding diaryl/α,β-unsaturated/α-hetero) is 1. The summed E-state index contributed by atoms with van der Waals surface area (Å²) < 4.78 is 16.7. The molecule has 2 aliphatic heterocycles. The van der Waals surface area contributed by atoms with E-state index >= 15 is 0 Å². The lowest BCUT2D eigenvalue weighted by molar-refractivity contribution is -0.999. The van der Waals surface area contributed by atoms with E-state index in [2.05, 4.69) is 12.1 Å². The zero-order valence-electron chi connectivity index (χ0n) is 15.9. The number of nitrogens with one attached hydrogen (secondary N) is 2. The van der Waals surface area contributed by atoms with E-state index in [1.54, 1.807) is 18.4 Å². The van der Waals surface area contributed by atoms with Crippen LogP contribution in [0.1, 0.15) is 22.2 Å². The summed E-state index contributed by atoms with van der Waals surface area (Å²) in [5.74, 6) is 0.483. The molecule has 1 aromatic carbocycles. The van der Waals surface area contributed by atoms with Crippen LogP contribution in [0.4, 0.5) is 0 Å². The van der Waals surface area contributed by atoms with Gasteiger partial charge in [-0.15, -0.1) is 0 Å². The Balaban J connectivity index is 1.74. The third kappa shape index (κ3) is 4.31. The van der Waals surface area contributed by atoms with Gasteiger partial charge in [-0.25, -0.2) is 0 Å². The van der Waals surface area contributed by atoms with Gasteiger partial charge in [-0.2, -0.15) is 0 Å². The summed E-state index contributed by atoms with van der Waals surface area (Å²) in [7, 11) is 0. The molecule has 28 heavy (non-hydrogen) atoms. The third-order valence-electron chi connectivity index (χ3n) is 5.76. The maximum Gasteiger partial charge on any atom is 0.261 e. The summed E-state index contributed by atoms with van der Waals surface area (Å²) in [6, 6.07) is 11.2. The molecule has 2 saturated heterocycles. The lowest BCUT2D eigenvalue weighted by Gasteiger charge is -2.39. The lowest BCUT2D eigenvalue weighted by Crippen LogP contribution is -3.25. The molecule has 0 spiro atoms. The molecule has 2 atom stereocenters. The first kappa shape index (κ1) is 19.6. The number of morpholine rings is 2. The number of hydrogen-bond donors (Lipinski definition) is 2. The van der Waals surface area contributed by atoms with Gasteiger partial charge in [-0.05, 0) is 24.3 Å². The van der Waals surface area contributed by atoms with Crippen molar-refractivity contribution in [2.45, 2.75) is 12.1 Å². The third-order valence-corrected chi connectivity index (χ3v) is 6.01. The van der Waals surface area contributed by atoms with Crippen LogP contribution in [0, 0.1) is 0 Å². The van der Waals surface area contributed by atoms with Gasteiger partial charge in [0.15, 0.2) is 11.8 Å². The molecule has 2 aromatic rings. The lowest BCUT2D eigenvalue weighted by atomic mass is 9.91. The smallest absolute Gasteiger partial charge is 0.261 e. The van der Waals surface area contributed by atoms with Crippen molar-refractivity contribution in [3.05, 3.63) is 59.0 Å². The largest absolute Gasteiger partial charge is 0.461 e. The van der Waals surface area contributed by atoms with Crippen LogP contribution >= 0.6 is 11.6 Å². The van der Waals surface area contributed by atoms with E-state index in [0.29, 0.717) is 37.2 Å². The van der Waals surface area contributed by atoms with Gasteiger partial charge in [-0.3, -0.25) is 4.79 Å². The fraction of sp³-hybridized carbons (Fsp3) is 0.476. The van der Waals surface area contributed by atoms with E-state index in [9.17, 15) is 4.79 Å². The van der Waals surface area contributed by atoms with Crippen molar-refractivity contribution in [3.63, 3.8) is 0 Å². The number of quaternary nitrogens is 2. The Morgan fingerprint density at radius 2 is 1.50 bits per heavy atom. The molecular weight excluding hydrogens is 380 g/mol. The standard InChI is InChI=1S/C21H25ClN2O4/c22-17-5-3-16(4-6-17)19(23-7-12-26-13-8-23)20(24-9-14-27-15-10-24)21(25)18-2-1-11-28-18/h1-6,11,19-20H,7-10,12-15H2/p+2/t19-,20+/m0/s1. The van der Waals surface area contributed by atoms with E-state index in [4.69, 9.17) is 25.5 Å². The van der Waals surface area contributed by atoms with Crippen molar-refractivity contribution in [1.82, 2.24) is 0 Å². The zero-order valence-corrected chi connectivity index (χ0v) is 16.6. The van der Waals surface area contributed by atoms with Gasteiger partial charge in [0.05, 0.1) is 32.7 Å². The Kier molecular flexibility index (Phi) is 6.44. The average Bonchev–Trinajstić information content (AvgIpc) is 3.29. The summed E-state index contributed by atoms with van der Waals surface area (Å²) >= 11 is 6.14. The van der Waals surface area contributed by atoms with Crippen molar-refractivity contribution in [2.24, 2.45) is 0 Å². The van der Waals surface area contributed by atoms with Crippen molar-refractivity contribution >= 4 is 17.4 Å². The van der Waals surface area contributed by atoms with Crippen molar-refractivity contribution in [2.75, 3.05) is 52.6 Å². The van der Waals surface area contributed by atoms with E-state index in [1.165, 1.54) is 9.80 Å². The summed E-state index contributed by atoms with van der Waals surface area (Å²) in [5.41, 5.74) is 1.13. The minimum Gasteiger partial charge on any atom is -0.461 e. The maximum atomic E-state index is 13.6. The molecule has 3 heterocycles. The molecule has 2 N–H and O–H groups in total. The molecule has 1 aromatic heterocycles. The predicted octanol–water partition coefficient (Wildman–Crippen LogP) is 0.0558. The van der Waals surface area contributed by atoms with Crippen LogP contribution in [-0.2, 0) is 9.47 Å². The normalized spacial score (nSPS) is 21.3. The molecule has 7 heteroatoms. The van der Waals surface area contributed by atoms with Crippen molar-refractivity contribution < 1.29 is 28.5 Å². The number of ether oxygens (including phenoxy) is 2. The van der Waals surface area contributed by atoms with Crippen molar-refractivity contribution in [1.29, 1.82) is 0 Å². The molecule has 0 unspecified atom stereocenters. The summed E-state index contributed by atoms with van der Waals surface area (Å²) in [4.78, 5) is 16.2. The monoisotopic (exact) mass is 406 g/mol. The highest BCUT2D eigenvalue weighted by Crippen LogP contribution is 2.20. The highest BCUT2D eigenvalue weighted by molar-refractivity contribution is 6.30. The Labute approximate surface area is 169 Å². The number of hydrogen-bond acceptors (Lipinski definition) is 4. The van der Waals surface area contributed by atoms with Crippen LogP contribution in [0.25, 0.3) is 0 Å². The Morgan fingerprint density at radius 3 is 2.07 bits per heavy atom. The fourth-order valence-electron chi connectivity index (χ4n) is 4.37. The van der Waals surface area contributed by atoms with Crippen LogP contribution < -0.4 is 9.80 Å². The first-order valence-electron chi connectivity index (χ1n) is 9.92. The number of furan rings is 1. The fourth-order valence-corrected chi connectivity index (χ4v) is 4.49. The second kappa shape index (κ2) is 9.20. The maximum absolute atomic E-state index is 13.6. The highest BCUT2D eigenvalue weighted by atomic mass is 35.5. The van der Waals surface area contributed by atoms with Crippen LogP contribution in [0.2, 0.25) is 5.02 Å². The number of carbonyl (C=O) groups excluding carboxylic acids is 1. The van der Waals surface area contributed by atoms with Gasteiger partial charge in [0, 0.05) is 10.6 Å². The molecule has 0 radical (unpaired) electrons. The van der Waals surface area contributed by atoms with Crippen LogP contribution in [0.5, 0.6) is 0 Å². The quantitative estimate of drug-likeness (QED) is 0.666. The second-order valence-electron chi connectivity index (χ2n) is 7.39. The van der Waals surface area contributed by atoms with Gasteiger partial charge in [0.1, 0.15) is 26.2 Å². The van der Waals surface area contributed by atoms with E-state index in [0.717, 1.165) is 31.7 Å². The Morgan fingerprint density at radius 1 is 0.893 bits per heavy atom. The number of halogens is 1.